The fraction of sp³-hybridized carbons (Fsp3) is 0.464. The largest absolute Gasteiger partial charge is 0.469 e. The lowest BCUT2D eigenvalue weighted by Gasteiger charge is -2.35. The zero-order valence-corrected chi connectivity index (χ0v) is 20.2. The van der Waals surface area contributed by atoms with Gasteiger partial charge in [0.25, 0.3) is 0 Å². The van der Waals surface area contributed by atoms with Gasteiger partial charge in [-0.1, -0.05) is 81.4 Å². The van der Waals surface area contributed by atoms with Crippen LogP contribution in [-0.2, 0) is 29.3 Å². The van der Waals surface area contributed by atoms with Crippen molar-refractivity contribution in [2.45, 2.75) is 58.3 Å². The van der Waals surface area contributed by atoms with E-state index in [9.17, 15) is 14.4 Å². The lowest BCUT2D eigenvalue weighted by atomic mass is 9.66. The predicted molar refractivity (Wildman–Crippen MR) is 126 cm³/mol. The molecule has 0 radical (unpaired) electrons. The fourth-order valence-corrected chi connectivity index (χ4v) is 5.19. The molecule has 0 aromatic heterocycles. The summed E-state index contributed by atoms with van der Waals surface area (Å²) in [4.78, 5) is 38.3. The molecule has 1 aliphatic rings. The van der Waals surface area contributed by atoms with Crippen molar-refractivity contribution < 1.29 is 23.9 Å². The normalized spacial score (nSPS) is 21.2. The first-order valence-electron chi connectivity index (χ1n) is 11.6. The van der Waals surface area contributed by atoms with Crippen molar-refractivity contribution in [2.24, 2.45) is 17.3 Å². The number of benzene rings is 2. The van der Waals surface area contributed by atoms with Gasteiger partial charge < -0.3 is 9.47 Å². The SMILES string of the molecule is CCC(C)(C(=O)OC)C1C(=O)OC(=O)C1CC(CC(C)(C)c1ccccc1)c1ccccc1. The van der Waals surface area contributed by atoms with Crippen molar-refractivity contribution in [3.8, 4) is 0 Å². The van der Waals surface area contributed by atoms with E-state index in [1.165, 1.54) is 12.7 Å². The van der Waals surface area contributed by atoms with Gasteiger partial charge in [-0.2, -0.15) is 0 Å². The fourth-order valence-electron chi connectivity index (χ4n) is 5.19. The van der Waals surface area contributed by atoms with Crippen LogP contribution in [0.1, 0.15) is 64.0 Å². The van der Waals surface area contributed by atoms with Gasteiger partial charge in [0.1, 0.15) is 0 Å². The molecule has 2 aromatic carbocycles. The summed E-state index contributed by atoms with van der Waals surface area (Å²) < 4.78 is 10.1. The predicted octanol–water partition coefficient (Wildman–Crippen LogP) is 5.43. The van der Waals surface area contributed by atoms with E-state index in [2.05, 4.69) is 38.1 Å². The molecule has 5 heteroatoms. The van der Waals surface area contributed by atoms with Gasteiger partial charge in [0.15, 0.2) is 0 Å². The van der Waals surface area contributed by atoms with E-state index >= 15 is 0 Å². The number of rotatable bonds is 9. The maximum absolute atomic E-state index is 12.9. The number of cyclic esters (lactones) is 2. The zero-order chi connectivity index (χ0) is 24.2. The third-order valence-electron chi connectivity index (χ3n) is 7.35. The number of hydrogen-bond acceptors (Lipinski definition) is 5. The summed E-state index contributed by atoms with van der Waals surface area (Å²) in [5, 5.41) is 0. The number of esters is 3. The lowest BCUT2D eigenvalue weighted by molar-refractivity contribution is -0.163. The van der Waals surface area contributed by atoms with Gasteiger partial charge >= 0.3 is 17.9 Å². The molecule has 0 N–H and O–H groups in total. The third kappa shape index (κ3) is 5.02. The first-order chi connectivity index (χ1) is 15.6. The Morgan fingerprint density at radius 3 is 2.09 bits per heavy atom. The van der Waals surface area contributed by atoms with Gasteiger partial charge in [0.2, 0.25) is 0 Å². The summed E-state index contributed by atoms with van der Waals surface area (Å²) in [5.41, 5.74) is 1.02. The molecule has 1 fully saturated rings. The van der Waals surface area contributed by atoms with Gasteiger partial charge in [-0.05, 0) is 48.6 Å². The Morgan fingerprint density at radius 1 is 0.970 bits per heavy atom. The summed E-state index contributed by atoms with van der Waals surface area (Å²) in [6.45, 7) is 7.91. The highest BCUT2D eigenvalue weighted by Crippen LogP contribution is 2.47. The summed E-state index contributed by atoms with van der Waals surface area (Å²) in [7, 11) is 1.31. The molecule has 0 amide bonds. The smallest absolute Gasteiger partial charge is 0.318 e. The summed E-state index contributed by atoms with van der Waals surface area (Å²) >= 11 is 0. The van der Waals surface area contributed by atoms with E-state index in [-0.39, 0.29) is 11.3 Å². The van der Waals surface area contributed by atoms with Gasteiger partial charge in [0.05, 0.1) is 24.4 Å². The molecule has 1 heterocycles. The van der Waals surface area contributed by atoms with Gasteiger partial charge in [-0.3, -0.25) is 14.4 Å². The Balaban J connectivity index is 1.98. The average Bonchev–Trinajstić information content (AvgIpc) is 3.11. The Labute approximate surface area is 196 Å². The van der Waals surface area contributed by atoms with E-state index in [1.54, 1.807) is 6.92 Å². The standard InChI is InChI=1S/C28H34O5/c1-6-28(4,26(31)32-5)23-22(24(29)33-25(23)30)17-20(19-13-9-7-10-14-19)18-27(2,3)21-15-11-8-12-16-21/h7-16,20,22-23H,6,17-18H2,1-5H3. The van der Waals surface area contributed by atoms with Crippen LogP contribution in [0, 0.1) is 17.3 Å². The van der Waals surface area contributed by atoms with Gasteiger partial charge in [-0.15, -0.1) is 0 Å². The van der Waals surface area contributed by atoms with Crippen LogP contribution in [-0.4, -0.2) is 25.0 Å². The topological polar surface area (TPSA) is 69.7 Å². The van der Waals surface area contributed by atoms with E-state index in [4.69, 9.17) is 9.47 Å². The van der Waals surface area contributed by atoms with E-state index in [1.807, 2.05) is 43.3 Å². The third-order valence-corrected chi connectivity index (χ3v) is 7.35. The Bertz CT molecular complexity index is 982. The first-order valence-corrected chi connectivity index (χ1v) is 11.6. The number of carbonyl (C=O) groups excluding carboxylic acids is 3. The monoisotopic (exact) mass is 450 g/mol. The second-order valence-electron chi connectivity index (χ2n) is 9.88. The second kappa shape index (κ2) is 9.90. The van der Waals surface area contributed by atoms with Crippen molar-refractivity contribution in [1.82, 2.24) is 0 Å². The van der Waals surface area contributed by atoms with Crippen LogP contribution in [0.25, 0.3) is 0 Å². The molecule has 4 unspecified atom stereocenters. The van der Waals surface area contributed by atoms with Crippen molar-refractivity contribution in [3.63, 3.8) is 0 Å². The second-order valence-corrected chi connectivity index (χ2v) is 9.88. The number of hydrogen-bond donors (Lipinski definition) is 0. The summed E-state index contributed by atoms with van der Waals surface area (Å²) in [5.74, 6) is -3.26. The molecule has 2 aromatic rings. The van der Waals surface area contributed by atoms with Gasteiger partial charge in [-0.25, -0.2) is 0 Å². The molecule has 0 bridgehead atoms. The van der Waals surface area contributed by atoms with Crippen LogP contribution in [0.3, 0.4) is 0 Å². The number of carbonyl (C=O) groups is 3. The molecule has 4 atom stereocenters. The zero-order valence-electron chi connectivity index (χ0n) is 20.2. The van der Waals surface area contributed by atoms with E-state index < -0.39 is 35.2 Å². The van der Waals surface area contributed by atoms with E-state index in [0.29, 0.717) is 12.8 Å². The van der Waals surface area contributed by atoms with Crippen LogP contribution in [0.5, 0.6) is 0 Å². The average molecular weight is 451 g/mol. The molecule has 0 saturated carbocycles. The minimum Gasteiger partial charge on any atom is -0.469 e. The molecule has 176 valence electrons. The maximum atomic E-state index is 12.9. The van der Waals surface area contributed by atoms with Crippen LogP contribution < -0.4 is 0 Å². The van der Waals surface area contributed by atoms with Gasteiger partial charge in [0, 0.05) is 0 Å². The maximum Gasteiger partial charge on any atom is 0.318 e. The molecular weight excluding hydrogens is 416 g/mol. The lowest BCUT2D eigenvalue weighted by Crippen LogP contribution is -2.42. The Kier molecular flexibility index (Phi) is 7.41. The number of methoxy groups -OCH3 is 1. The minimum absolute atomic E-state index is 0.00823. The molecule has 33 heavy (non-hydrogen) atoms. The molecule has 0 spiro atoms. The first kappa shape index (κ1) is 24.7. The molecule has 1 saturated heterocycles. The summed E-state index contributed by atoms with van der Waals surface area (Å²) in [6, 6.07) is 20.3. The highest BCUT2D eigenvalue weighted by Gasteiger charge is 2.57. The minimum atomic E-state index is -1.13. The quantitative estimate of drug-likeness (QED) is 0.376. The Morgan fingerprint density at radius 2 is 1.55 bits per heavy atom. The van der Waals surface area contributed by atoms with Crippen molar-refractivity contribution in [2.75, 3.05) is 7.11 Å². The molecule has 0 aliphatic carbocycles. The highest BCUT2D eigenvalue weighted by atomic mass is 16.6. The van der Waals surface area contributed by atoms with Crippen molar-refractivity contribution in [1.29, 1.82) is 0 Å². The Hall–Kier alpha value is -2.95. The van der Waals surface area contributed by atoms with Crippen molar-refractivity contribution >= 4 is 17.9 Å². The van der Waals surface area contributed by atoms with Crippen LogP contribution in [0.4, 0.5) is 0 Å². The van der Waals surface area contributed by atoms with Crippen LogP contribution in [0.15, 0.2) is 60.7 Å². The van der Waals surface area contributed by atoms with Crippen LogP contribution in [0.2, 0.25) is 0 Å². The van der Waals surface area contributed by atoms with Crippen molar-refractivity contribution in [3.05, 3.63) is 71.8 Å². The molecular formula is C28H34O5. The molecule has 3 rings (SSSR count). The highest BCUT2D eigenvalue weighted by molar-refractivity contribution is 5.99. The summed E-state index contributed by atoms with van der Waals surface area (Å²) in [6.07, 6.45) is 1.56. The van der Waals surface area contributed by atoms with E-state index in [0.717, 1.165) is 12.0 Å². The van der Waals surface area contributed by atoms with Crippen LogP contribution >= 0.6 is 0 Å². The molecule has 5 nitrogen and oxygen atoms in total. The molecule has 1 aliphatic heterocycles. The number of ether oxygens (including phenoxy) is 2.